The van der Waals surface area contributed by atoms with Crippen molar-refractivity contribution in [2.75, 3.05) is 0 Å². The van der Waals surface area contributed by atoms with Crippen LogP contribution < -0.4 is 5.56 Å². The van der Waals surface area contributed by atoms with Crippen LogP contribution in [-0.4, -0.2) is 26.7 Å². The van der Waals surface area contributed by atoms with Gasteiger partial charge >= 0.3 is 5.97 Å². The van der Waals surface area contributed by atoms with Crippen LogP contribution in [0.3, 0.4) is 0 Å². The topological polar surface area (TPSA) is 105 Å². The van der Waals surface area contributed by atoms with Crippen molar-refractivity contribution in [3.8, 4) is 0 Å². The summed E-state index contributed by atoms with van der Waals surface area (Å²) in [5.74, 6) is -0.480. The summed E-state index contributed by atoms with van der Waals surface area (Å²) in [6, 6.07) is 23.4. The van der Waals surface area contributed by atoms with Crippen molar-refractivity contribution >= 4 is 33.6 Å². The molecule has 5 aromatic rings. The number of aromatic amines is 2. The van der Waals surface area contributed by atoms with E-state index in [4.69, 9.17) is 4.74 Å². The number of Topliss-reactive ketones (excluding diaryl/α,β-unsaturated/α-hetero) is 1. The molecule has 0 aliphatic carbocycles. The highest BCUT2D eigenvalue weighted by Gasteiger charge is 2.28. The Hall–Kier alpha value is -4.52. The van der Waals surface area contributed by atoms with Gasteiger partial charge in [-0.2, -0.15) is 0 Å². The van der Waals surface area contributed by atoms with Crippen molar-refractivity contribution in [2.45, 2.75) is 18.9 Å². The molecule has 5 rings (SSSR count). The maximum atomic E-state index is 13.5. The van der Waals surface area contributed by atoms with Crippen LogP contribution in [0.4, 0.5) is 0 Å². The second-order valence-corrected chi connectivity index (χ2v) is 7.92. The molecule has 0 amide bonds. The monoisotopic (exact) mass is 451 g/mol. The van der Waals surface area contributed by atoms with Crippen LogP contribution in [0, 0.1) is 0 Å². The number of nitrogens with zero attached hydrogens (tertiary/aromatic N) is 1. The summed E-state index contributed by atoms with van der Waals surface area (Å²) in [7, 11) is 0. The van der Waals surface area contributed by atoms with Crippen LogP contribution in [0.25, 0.3) is 21.8 Å². The molecule has 1 atom stereocenters. The van der Waals surface area contributed by atoms with Gasteiger partial charge in [0.1, 0.15) is 5.82 Å². The fourth-order valence-corrected chi connectivity index (χ4v) is 3.98. The zero-order valence-electron chi connectivity index (χ0n) is 18.2. The van der Waals surface area contributed by atoms with Gasteiger partial charge in [-0.25, -0.2) is 4.98 Å². The molecule has 34 heavy (non-hydrogen) atoms. The van der Waals surface area contributed by atoms with Crippen molar-refractivity contribution < 1.29 is 14.3 Å². The van der Waals surface area contributed by atoms with Crippen molar-refractivity contribution in [1.82, 2.24) is 15.0 Å². The smallest absolute Gasteiger partial charge is 0.307 e. The molecule has 3 aromatic carbocycles. The van der Waals surface area contributed by atoms with Gasteiger partial charge in [0.05, 0.1) is 17.3 Å². The lowest BCUT2D eigenvalue weighted by Gasteiger charge is -2.17. The SMILES string of the molecule is O=C(CCc1nc2ccccc2c(=O)[nH]1)O[C@H](C(=O)c1c[nH]c2ccccc12)c1ccccc1. The summed E-state index contributed by atoms with van der Waals surface area (Å²) >= 11 is 0. The summed E-state index contributed by atoms with van der Waals surface area (Å²) in [6.45, 7) is 0. The fourth-order valence-electron chi connectivity index (χ4n) is 3.98. The van der Waals surface area contributed by atoms with E-state index in [1.165, 1.54) is 0 Å². The number of nitrogens with one attached hydrogen (secondary N) is 2. The number of aryl methyl sites for hydroxylation is 1. The normalized spacial score (nSPS) is 12.0. The van der Waals surface area contributed by atoms with Gasteiger partial charge in [0.15, 0.2) is 6.10 Å². The molecular weight excluding hydrogens is 430 g/mol. The first-order chi connectivity index (χ1) is 16.6. The van der Waals surface area contributed by atoms with E-state index in [1.54, 1.807) is 54.7 Å². The fraction of sp³-hybridized carbons (Fsp3) is 0.111. The highest BCUT2D eigenvalue weighted by molar-refractivity contribution is 6.10. The number of ether oxygens (including phenoxy) is 1. The summed E-state index contributed by atoms with van der Waals surface area (Å²) in [6.07, 6.45) is 0.699. The molecule has 0 spiro atoms. The molecule has 7 nitrogen and oxygen atoms in total. The Morgan fingerprint density at radius 1 is 0.882 bits per heavy atom. The van der Waals surface area contributed by atoms with Crippen LogP contribution in [-0.2, 0) is 16.0 Å². The highest BCUT2D eigenvalue weighted by Crippen LogP contribution is 2.27. The summed E-state index contributed by atoms with van der Waals surface area (Å²) < 4.78 is 5.69. The lowest BCUT2D eigenvalue weighted by Crippen LogP contribution is -2.21. The van der Waals surface area contributed by atoms with E-state index in [-0.39, 0.29) is 24.2 Å². The minimum absolute atomic E-state index is 0.0359. The average molecular weight is 451 g/mol. The molecule has 0 saturated carbocycles. The van der Waals surface area contributed by atoms with Gasteiger partial charge < -0.3 is 14.7 Å². The van der Waals surface area contributed by atoms with Crippen molar-refractivity contribution in [3.05, 3.63) is 112 Å². The first-order valence-electron chi connectivity index (χ1n) is 10.9. The number of hydrogen-bond acceptors (Lipinski definition) is 5. The van der Waals surface area contributed by atoms with Gasteiger partial charge in [-0.1, -0.05) is 60.7 Å². The number of benzene rings is 3. The van der Waals surface area contributed by atoms with E-state index in [0.717, 1.165) is 10.9 Å². The molecule has 0 aliphatic rings. The molecule has 0 fully saturated rings. The quantitative estimate of drug-likeness (QED) is 0.280. The van der Waals surface area contributed by atoms with Crippen molar-refractivity contribution in [2.24, 2.45) is 0 Å². The van der Waals surface area contributed by atoms with Crippen LogP contribution in [0.2, 0.25) is 0 Å². The maximum Gasteiger partial charge on any atom is 0.307 e. The van der Waals surface area contributed by atoms with Crippen LogP contribution in [0.5, 0.6) is 0 Å². The molecule has 2 heterocycles. The highest BCUT2D eigenvalue weighted by atomic mass is 16.5. The summed E-state index contributed by atoms with van der Waals surface area (Å²) in [5.41, 5.74) is 2.17. The Balaban J connectivity index is 1.37. The third-order valence-electron chi connectivity index (χ3n) is 5.67. The Labute approximate surface area is 194 Å². The minimum Gasteiger partial charge on any atom is -0.449 e. The Morgan fingerprint density at radius 3 is 2.41 bits per heavy atom. The second kappa shape index (κ2) is 9.15. The lowest BCUT2D eigenvalue weighted by molar-refractivity contribution is -0.147. The molecule has 168 valence electrons. The number of carbonyl (C=O) groups excluding carboxylic acids is 2. The van der Waals surface area contributed by atoms with Crippen LogP contribution in [0.15, 0.2) is 89.9 Å². The molecule has 2 aromatic heterocycles. The third kappa shape index (κ3) is 4.23. The van der Waals surface area contributed by atoms with E-state index in [2.05, 4.69) is 15.0 Å². The second-order valence-electron chi connectivity index (χ2n) is 7.92. The number of rotatable bonds is 7. The summed E-state index contributed by atoms with van der Waals surface area (Å²) in [5, 5.41) is 1.25. The van der Waals surface area contributed by atoms with Gasteiger partial charge in [0.25, 0.3) is 5.56 Å². The Morgan fingerprint density at radius 2 is 1.59 bits per heavy atom. The Bertz CT molecular complexity index is 1550. The van der Waals surface area contributed by atoms with Crippen LogP contribution in [0.1, 0.15) is 34.3 Å². The number of ketones is 1. The Kier molecular flexibility index (Phi) is 5.74. The van der Waals surface area contributed by atoms with Gasteiger partial charge in [-0.05, 0) is 18.2 Å². The number of carbonyl (C=O) groups is 2. The van der Waals surface area contributed by atoms with Gasteiger partial charge in [-0.3, -0.25) is 14.4 Å². The predicted molar refractivity (Wildman–Crippen MR) is 129 cm³/mol. The van der Waals surface area contributed by atoms with Crippen molar-refractivity contribution in [3.63, 3.8) is 0 Å². The molecule has 0 aliphatic heterocycles. The number of esters is 1. The third-order valence-corrected chi connectivity index (χ3v) is 5.67. The average Bonchev–Trinajstić information content (AvgIpc) is 3.30. The van der Waals surface area contributed by atoms with Gasteiger partial charge in [-0.15, -0.1) is 0 Å². The predicted octanol–water partition coefficient (Wildman–Crippen LogP) is 4.50. The largest absolute Gasteiger partial charge is 0.449 e. The van der Waals surface area contributed by atoms with E-state index < -0.39 is 12.1 Å². The number of aromatic nitrogens is 3. The first kappa shape index (κ1) is 21.3. The van der Waals surface area contributed by atoms with E-state index in [9.17, 15) is 14.4 Å². The zero-order chi connectivity index (χ0) is 23.5. The van der Waals surface area contributed by atoms with Crippen molar-refractivity contribution in [1.29, 1.82) is 0 Å². The van der Waals surface area contributed by atoms with Crippen LogP contribution >= 0.6 is 0 Å². The zero-order valence-corrected chi connectivity index (χ0v) is 18.2. The molecule has 0 bridgehead atoms. The number of para-hydroxylation sites is 2. The molecule has 0 unspecified atom stereocenters. The van der Waals surface area contributed by atoms with E-state index in [0.29, 0.717) is 27.9 Å². The van der Waals surface area contributed by atoms with E-state index in [1.807, 2.05) is 30.3 Å². The molecule has 7 heteroatoms. The minimum atomic E-state index is -1.09. The molecule has 2 N–H and O–H groups in total. The standard InChI is InChI=1S/C27H21N3O4/c31-24(15-14-23-29-22-13-7-5-11-19(22)27(33)30-23)34-26(17-8-2-1-3-9-17)25(32)20-16-28-21-12-6-4-10-18(20)21/h1-13,16,26,28H,14-15H2,(H,29,30,33)/t26-/m0/s1. The summed E-state index contributed by atoms with van der Waals surface area (Å²) in [4.78, 5) is 48.7. The number of fused-ring (bicyclic) bond motifs is 2. The first-order valence-corrected chi connectivity index (χ1v) is 10.9. The maximum absolute atomic E-state index is 13.5. The molecule has 0 radical (unpaired) electrons. The van der Waals surface area contributed by atoms with Gasteiger partial charge in [0, 0.05) is 34.6 Å². The number of H-pyrrole nitrogens is 2. The number of hydrogen-bond donors (Lipinski definition) is 2. The van der Waals surface area contributed by atoms with Gasteiger partial charge in [0.2, 0.25) is 5.78 Å². The van der Waals surface area contributed by atoms with E-state index >= 15 is 0 Å². The lowest BCUT2D eigenvalue weighted by atomic mass is 9.99. The molecular formula is C27H21N3O4. The molecule has 0 saturated heterocycles.